The zero-order valence-corrected chi connectivity index (χ0v) is 36.2. The van der Waals surface area contributed by atoms with Gasteiger partial charge in [0.05, 0.1) is 39.1 Å². The van der Waals surface area contributed by atoms with Crippen LogP contribution in [0, 0.1) is 0 Å². The molecule has 0 radical (unpaired) electrons. The molecule has 4 aromatic heterocycles. The van der Waals surface area contributed by atoms with Gasteiger partial charge in [0, 0.05) is 45.1 Å². The highest BCUT2D eigenvalue weighted by molar-refractivity contribution is 6.29. The van der Waals surface area contributed by atoms with Gasteiger partial charge in [-0.25, -0.2) is 4.98 Å². The number of para-hydroxylation sites is 2. The molecule has 0 atom stereocenters. The summed E-state index contributed by atoms with van der Waals surface area (Å²) in [7, 11) is 0. The van der Waals surface area contributed by atoms with Crippen LogP contribution < -0.4 is 0 Å². The van der Waals surface area contributed by atoms with Gasteiger partial charge in [0.2, 0.25) is 0 Å². The van der Waals surface area contributed by atoms with Crippen molar-refractivity contribution in [2.24, 2.45) is 0 Å². The SMILES string of the molecule is c1ccc(-c2ccc3c(c2)c2cc4c5ccc(-c6ccc7ccccc7c6)cc5c5ccccc5c4cc2n3-c2cc(-c3cccc4cccnc34)nc(-c3cccc4cccnc34)c2)cc1. The van der Waals surface area contributed by atoms with Crippen LogP contribution in [0.4, 0.5) is 0 Å². The summed E-state index contributed by atoms with van der Waals surface area (Å²) in [6.45, 7) is 0. The highest BCUT2D eigenvalue weighted by atomic mass is 15.0. The van der Waals surface area contributed by atoms with E-state index < -0.39 is 0 Å². The van der Waals surface area contributed by atoms with Gasteiger partial charge in [-0.3, -0.25) is 9.97 Å². The molecule has 0 spiro atoms. The molecule has 67 heavy (non-hydrogen) atoms. The van der Waals surface area contributed by atoms with E-state index in [1.54, 1.807) is 0 Å². The molecule has 0 amide bonds. The lowest BCUT2D eigenvalue weighted by Crippen LogP contribution is -1.99. The molecule has 0 aliphatic rings. The number of benzene rings is 10. The van der Waals surface area contributed by atoms with Crippen molar-refractivity contribution >= 4 is 86.7 Å². The number of nitrogens with zero attached hydrogens (tertiary/aromatic N) is 4. The summed E-state index contributed by atoms with van der Waals surface area (Å²) < 4.78 is 2.45. The maximum absolute atomic E-state index is 5.47. The molecule has 0 aliphatic carbocycles. The Bertz CT molecular complexity index is 4230. The van der Waals surface area contributed by atoms with Crippen LogP contribution in [0.5, 0.6) is 0 Å². The van der Waals surface area contributed by atoms with Crippen molar-refractivity contribution in [3.05, 3.63) is 231 Å². The standard InChI is InChI=1S/C63H38N4/c1-2-12-39(13-3-1)45-27-29-60-56(34-45)57-37-54-50-28-26-46(44-25-24-40-14-4-5-15-43(40)32-44)33-53(50)48-20-6-7-21-49(48)55(54)38-61(57)67(60)47-35-58(51-22-8-16-41-18-10-30-64-62(41)51)66-59(36-47)52-23-9-17-42-19-11-31-65-63(42)52/h1-38H. The second-order valence-electron chi connectivity index (χ2n) is 17.6. The van der Waals surface area contributed by atoms with E-state index in [2.05, 4.69) is 211 Å². The van der Waals surface area contributed by atoms with E-state index in [4.69, 9.17) is 15.0 Å². The minimum atomic E-state index is 0.847. The molecule has 0 aliphatic heterocycles. The average Bonchev–Trinajstić information content (AvgIpc) is 3.72. The Morgan fingerprint density at radius 3 is 1.54 bits per heavy atom. The van der Waals surface area contributed by atoms with Crippen molar-refractivity contribution < 1.29 is 0 Å². The molecule has 4 heterocycles. The summed E-state index contributed by atoms with van der Waals surface area (Å²) in [5.41, 5.74) is 13.5. The zero-order valence-electron chi connectivity index (χ0n) is 36.2. The Balaban J connectivity index is 1.08. The van der Waals surface area contributed by atoms with Gasteiger partial charge in [-0.05, 0) is 126 Å². The maximum atomic E-state index is 5.47. The molecule has 10 aromatic carbocycles. The lowest BCUT2D eigenvalue weighted by atomic mass is 9.91. The van der Waals surface area contributed by atoms with Gasteiger partial charge < -0.3 is 4.57 Å². The molecule has 0 N–H and O–H groups in total. The Hall–Kier alpha value is -8.99. The van der Waals surface area contributed by atoms with Gasteiger partial charge in [-0.2, -0.15) is 0 Å². The van der Waals surface area contributed by atoms with Crippen LogP contribution in [0.2, 0.25) is 0 Å². The summed E-state index contributed by atoms with van der Waals surface area (Å²) in [6.07, 6.45) is 3.73. The molecule has 310 valence electrons. The van der Waals surface area contributed by atoms with E-state index in [1.165, 1.54) is 76.1 Å². The van der Waals surface area contributed by atoms with Gasteiger partial charge >= 0.3 is 0 Å². The highest BCUT2D eigenvalue weighted by Gasteiger charge is 2.21. The van der Waals surface area contributed by atoms with Crippen LogP contribution in [-0.4, -0.2) is 19.5 Å². The third-order valence-corrected chi connectivity index (χ3v) is 13.8. The number of pyridine rings is 3. The fourth-order valence-corrected chi connectivity index (χ4v) is 10.6. The van der Waals surface area contributed by atoms with Gasteiger partial charge in [-0.1, -0.05) is 158 Å². The van der Waals surface area contributed by atoms with Gasteiger partial charge in [0.15, 0.2) is 0 Å². The monoisotopic (exact) mass is 850 g/mol. The second kappa shape index (κ2) is 14.8. The van der Waals surface area contributed by atoms with Crippen molar-refractivity contribution in [3.63, 3.8) is 0 Å². The number of rotatable bonds is 5. The quantitative estimate of drug-likeness (QED) is 0.162. The third-order valence-electron chi connectivity index (χ3n) is 13.8. The van der Waals surface area contributed by atoms with Crippen molar-refractivity contribution in [1.29, 1.82) is 0 Å². The van der Waals surface area contributed by atoms with E-state index >= 15 is 0 Å². The van der Waals surface area contributed by atoms with Crippen molar-refractivity contribution in [2.75, 3.05) is 0 Å². The van der Waals surface area contributed by atoms with Gasteiger partial charge in [-0.15, -0.1) is 0 Å². The Labute approximate surface area is 385 Å². The fourth-order valence-electron chi connectivity index (χ4n) is 10.6. The van der Waals surface area contributed by atoms with Crippen LogP contribution in [-0.2, 0) is 0 Å². The summed E-state index contributed by atoms with van der Waals surface area (Å²) >= 11 is 0. The molecular formula is C63H38N4. The zero-order chi connectivity index (χ0) is 44.0. The van der Waals surface area contributed by atoms with Crippen molar-refractivity contribution in [1.82, 2.24) is 19.5 Å². The van der Waals surface area contributed by atoms with Crippen LogP contribution in [0.15, 0.2) is 231 Å². The highest BCUT2D eigenvalue weighted by Crippen LogP contribution is 2.44. The van der Waals surface area contributed by atoms with Crippen molar-refractivity contribution in [3.8, 4) is 50.5 Å². The first kappa shape index (κ1) is 37.4. The Morgan fingerprint density at radius 1 is 0.284 bits per heavy atom. The van der Waals surface area contributed by atoms with Gasteiger partial charge in [0.25, 0.3) is 0 Å². The summed E-state index contributed by atoms with van der Waals surface area (Å²) in [4.78, 5) is 15.3. The van der Waals surface area contributed by atoms with Gasteiger partial charge in [0.1, 0.15) is 0 Å². The Morgan fingerprint density at radius 2 is 0.806 bits per heavy atom. The van der Waals surface area contributed by atoms with E-state index in [9.17, 15) is 0 Å². The van der Waals surface area contributed by atoms with E-state index in [0.717, 1.165) is 61.0 Å². The molecule has 0 saturated heterocycles. The summed E-state index contributed by atoms with van der Waals surface area (Å²) in [5, 5.41) is 14.4. The van der Waals surface area contributed by atoms with Crippen molar-refractivity contribution in [2.45, 2.75) is 0 Å². The largest absolute Gasteiger partial charge is 0.309 e. The molecule has 4 nitrogen and oxygen atoms in total. The van der Waals surface area contributed by atoms with E-state index in [0.29, 0.717) is 0 Å². The lowest BCUT2D eigenvalue weighted by Gasteiger charge is -2.16. The molecule has 0 unspecified atom stereocenters. The molecular weight excluding hydrogens is 813 g/mol. The first-order valence-corrected chi connectivity index (χ1v) is 22.8. The number of fused-ring (bicyclic) bond motifs is 12. The number of hydrogen-bond acceptors (Lipinski definition) is 3. The predicted octanol–water partition coefficient (Wildman–Crippen LogP) is 16.6. The van der Waals surface area contributed by atoms with Crippen LogP contribution >= 0.6 is 0 Å². The predicted molar refractivity (Wildman–Crippen MR) is 281 cm³/mol. The first-order chi connectivity index (χ1) is 33.2. The van der Waals surface area contributed by atoms with Crippen LogP contribution in [0.25, 0.3) is 137 Å². The molecule has 14 aromatic rings. The molecule has 0 saturated carbocycles. The summed E-state index contributed by atoms with van der Waals surface area (Å²) in [6, 6.07) is 79.3. The smallest absolute Gasteiger partial charge is 0.0795 e. The van der Waals surface area contributed by atoms with Crippen LogP contribution in [0.3, 0.4) is 0 Å². The lowest BCUT2D eigenvalue weighted by molar-refractivity contribution is 1.16. The molecule has 0 fully saturated rings. The fraction of sp³-hybridized carbons (Fsp3) is 0. The van der Waals surface area contributed by atoms with Crippen LogP contribution in [0.1, 0.15) is 0 Å². The molecule has 14 rings (SSSR count). The molecule has 0 bridgehead atoms. The Kier molecular flexibility index (Phi) is 8.25. The van der Waals surface area contributed by atoms with E-state index in [-0.39, 0.29) is 0 Å². The first-order valence-electron chi connectivity index (χ1n) is 22.8. The van der Waals surface area contributed by atoms with E-state index in [1.807, 2.05) is 24.5 Å². The second-order valence-corrected chi connectivity index (χ2v) is 17.6. The minimum absolute atomic E-state index is 0.847. The number of hydrogen-bond donors (Lipinski definition) is 0. The maximum Gasteiger partial charge on any atom is 0.0795 e. The third kappa shape index (κ3) is 5.97. The average molecular weight is 851 g/mol. The molecule has 4 heteroatoms. The number of aromatic nitrogens is 4. The normalized spacial score (nSPS) is 11.9. The summed E-state index contributed by atoms with van der Waals surface area (Å²) in [5.74, 6) is 0. The minimum Gasteiger partial charge on any atom is -0.309 e. The topological polar surface area (TPSA) is 43.6 Å².